The summed E-state index contributed by atoms with van der Waals surface area (Å²) in [5, 5.41) is 0. The van der Waals surface area contributed by atoms with Crippen LogP contribution in [0.5, 0.6) is 0 Å². The fourth-order valence-corrected chi connectivity index (χ4v) is 0.710. The van der Waals surface area contributed by atoms with E-state index < -0.39 is 0 Å². The minimum Gasteiger partial charge on any atom is -0.295 e. The summed E-state index contributed by atoms with van der Waals surface area (Å²) in [7, 11) is 0. The van der Waals surface area contributed by atoms with Crippen molar-refractivity contribution in [1.29, 1.82) is 0 Å². The molecule has 0 heterocycles. The average Bonchev–Trinajstić information content (AvgIpc) is 1.83. The molecule has 46 valence electrons. The first kappa shape index (κ1) is 7.69. The Kier molecular flexibility index (Phi) is 4.65. The van der Waals surface area contributed by atoms with E-state index in [9.17, 15) is 9.59 Å². The van der Waals surface area contributed by atoms with Gasteiger partial charge in [0.25, 0.3) is 0 Å². The predicted molar refractivity (Wildman–Crippen MR) is 34.1 cm³/mol. The summed E-state index contributed by atoms with van der Waals surface area (Å²) in [4.78, 5) is 19.8. The summed E-state index contributed by atoms with van der Waals surface area (Å²) >= 11 is 1.46. The van der Waals surface area contributed by atoms with Crippen molar-refractivity contribution >= 4 is 23.8 Å². The maximum Gasteiger partial charge on any atom is 0.205 e. The van der Waals surface area contributed by atoms with Crippen LogP contribution >= 0.6 is 11.8 Å². The van der Waals surface area contributed by atoms with E-state index in [2.05, 4.69) is 0 Å². The van der Waals surface area contributed by atoms with Gasteiger partial charge in [-0.25, -0.2) is 0 Å². The largest absolute Gasteiger partial charge is 0.295 e. The molecular weight excluding hydrogens is 124 g/mol. The van der Waals surface area contributed by atoms with Gasteiger partial charge in [0.05, 0.1) is 5.75 Å². The predicted octanol–water partition coefficient (Wildman–Crippen LogP) is 0.507. The average molecular weight is 132 g/mol. The summed E-state index contributed by atoms with van der Waals surface area (Å²) in [5.74, 6) is 0.899. The molecule has 0 rings (SSSR count). The van der Waals surface area contributed by atoms with Gasteiger partial charge in [-0.2, -0.15) is 11.8 Å². The van der Waals surface area contributed by atoms with Crippen LogP contribution in [0.3, 0.4) is 0 Å². The van der Waals surface area contributed by atoms with Crippen molar-refractivity contribution in [3.05, 3.63) is 0 Å². The Bertz CT molecular complexity index is 90.4. The molecule has 0 atom stereocenters. The number of hydrogen-bond acceptors (Lipinski definition) is 3. The number of thioether (sulfide) groups is 1. The molecule has 0 fully saturated rings. The summed E-state index contributed by atoms with van der Waals surface area (Å²) in [6.07, 6.45) is 0.364. The first-order valence-corrected chi connectivity index (χ1v) is 3.52. The van der Waals surface area contributed by atoms with Crippen molar-refractivity contribution in [2.75, 3.05) is 11.5 Å². The second-order valence-corrected chi connectivity index (χ2v) is 2.50. The van der Waals surface area contributed by atoms with Crippen LogP contribution in [-0.2, 0) is 9.59 Å². The zero-order chi connectivity index (χ0) is 6.41. The highest BCUT2D eigenvalue weighted by Gasteiger charge is 1.94. The molecule has 0 aromatic heterocycles. The molecule has 0 saturated heterocycles. The molecule has 0 N–H and O–H groups in total. The monoisotopic (exact) mass is 132 g/mol. The van der Waals surface area contributed by atoms with Crippen LogP contribution in [0.2, 0.25) is 0 Å². The van der Waals surface area contributed by atoms with Gasteiger partial charge in [-0.3, -0.25) is 9.59 Å². The summed E-state index contributed by atoms with van der Waals surface area (Å²) in [5.41, 5.74) is 0. The van der Waals surface area contributed by atoms with E-state index in [1.807, 2.05) is 6.92 Å². The first-order valence-electron chi connectivity index (χ1n) is 2.37. The van der Waals surface area contributed by atoms with Gasteiger partial charge in [0, 0.05) is 0 Å². The van der Waals surface area contributed by atoms with Gasteiger partial charge in [0.1, 0.15) is 0 Å². The number of carbonyl (C=O) groups excluding carboxylic acids is 2. The summed E-state index contributed by atoms with van der Waals surface area (Å²) < 4.78 is 0. The van der Waals surface area contributed by atoms with Crippen LogP contribution < -0.4 is 0 Å². The van der Waals surface area contributed by atoms with E-state index in [1.165, 1.54) is 11.8 Å². The highest BCUT2D eigenvalue weighted by atomic mass is 32.2. The minimum absolute atomic E-state index is 0.322. The first-order chi connectivity index (χ1) is 3.81. The molecule has 0 unspecified atom stereocenters. The maximum absolute atomic E-state index is 10.2. The van der Waals surface area contributed by atoms with Crippen LogP contribution in [0.1, 0.15) is 6.92 Å². The highest BCUT2D eigenvalue weighted by molar-refractivity contribution is 8.00. The van der Waals surface area contributed by atoms with Crippen molar-refractivity contribution in [1.82, 2.24) is 0 Å². The summed E-state index contributed by atoms with van der Waals surface area (Å²) in [6, 6.07) is 0. The van der Waals surface area contributed by atoms with Crippen LogP contribution in [0.4, 0.5) is 0 Å². The Labute approximate surface area is 52.6 Å². The quantitative estimate of drug-likeness (QED) is 0.413. The standard InChI is InChI=1S/C5H8O2S/c1-2-8-4-5(7)3-6/h3H,2,4H2,1H3. The SMILES string of the molecule is CCSCC(=O)C=O. The topological polar surface area (TPSA) is 34.1 Å². The molecule has 0 aromatic carbocycles. The fourth-order valence-electron chi connectivity index (χ4n) is 0.237. The lowest BCUT2D eigenvalue weighted by Gasteiger charge is -1.86. The minimum atomic E-state index is -0.322. The van der Waals surface area contributed by atoms with Gasteiger partial charge in [-0.05, 0) is 5.75 Å². The van der Waals surface area contributed by atoms with Crippen LogP contribution in [0, 0.1) is 0 Å². The lowest BCUT2D eigenvalue weighted by molar-refractivity contribution is -0.128. The molecule has 0 aliphatic heterocycles. The van der Waals surface area contributed by atoms with Crippen molar-refractivity contribution in [2.24, 2.45) is 0 Å². The second kappa shape index (κ2) is 4.84. The van der Waals surface area contributed by atoms with Crippen molar-refractivity contribution in [2.45, 2.75) is 6.92 Å². The molecule has 0 spiro atoms. The molecule has 0 radical (unpaired) electrons. The third-order valence-electron chi connectivity index (χ3n) is 0.580. The Hall–Kier alpha value is -0.310. The van der Waals surface area contributed by atoms with E-state index in [4.69, 9.17) is 0 Å². The molecule has 3 heteroatoms. The van der Waals surface area contributed by atoms with Gasteiger partial charge in [-0.1, -0.05) is 6.92 Å². The van der Waals surface area contributed by atoms with Crippen molar-refractivity contribution < 1.29 is 9.59 Å². The fraction of sp³-hybridized carbons (Fsp3) is 0.600. The van der Waals surface area contributed by atoms with E-state index in [-0.39, 0.29) is 5.78 Å². The van der Waals surface area contributed by atoms with Gasteiger partial charge in [0.2, 0.25) is 5.78 Å². The van der Waals surface area contributed by atoms with E-state index >= 15 is 0 Å². The smallest absolute Gasteiger partial charge is 0.205 e. The zero-order valence-corrected chi connectivity index (χ0v) is 5.53. The lowest BCUT2D eigenvalue weighted by Crippen LogP contribution is -2.01. The summed E-state index contributed by atoms with van der Waals surface area (Å²) in [6.45, 7) is 1.95. The van der Waals surface area contributed by atoms with E-state index in [0.29, 0.717) is 12.0 Å². The van der Waals surface area contributed by atoms with Gasteiger partial charge in [0.15, 0.2) is 6.29 Å². The number of hydrogen-bond donors (Lipinski definition) is 0. The normalized spacial score (nSPS) is 8.62. The Morgan fingerprint density at radius 1 is 1.75 bits per heavy atom. The van der Waals surface area contributed by atoms with Gasteiger partial charge < -0.3 is 0 Å². The molecule has 8 heavy (non-hydrogen) atoms. The molecular formula is C5H8O2S. The third-order valence-corrected chi connectivity index (χ3v) is 1.48. The van der Waals surface area contributed by atoms with E-state index in [1.54, 1.807) is 0 Å². The molecule has 0 amide bonds. The maximum atomic E-state index is 10.2. The molecule has 0 aliphatic carbocycles. The highest BCUT2D eigenvalue weighted by Crippen LogP contribution is 1.95. The Morgan fingerprint density at radius 2 is 2.38 bits per heavy atom. The molecule has 0 aromatic rings. The molecule has 0 saturated carbocycles. The van der Waals surface area contributed by atoms with E-state index in [0.717, 1.165) is 5.75 Å². The third kappa shape index (κ3) is 3.87. The number of ketones is 1. The Balaban J connectivity index is 3.11. The van der Waals surface area contributed by atoms with Crippen molar-refractivity contribution in [3.8, 4) is 0 Å². The lowest BCUT2D eigenvalue weighted by atomic mass is 10.5. The van der Waals surface area contributed by atoms with Gasteiger partial charge >= 0.3 is 0 Å². The number of Topliss-reactive ketones (excluding diaryl/α,β-unsaturated/α-hetero) is 1. The number of aldehydes is 1. The molecule has 0 bridgehead atoms. The molecule has 2 nitrogen and oxygen atoms in total. The Morgan fingerprint density at radius 3 is 2.75 bits per heavy atom. The van der Waals surface area contributed by atoms with Crippen LogP contribution in [0.25, 0.3) is 0 Å². The zero-order valence-electron chi connectivity index (χ0n) is 4.72. The van der Waals surface area contributed by atoms with Crippen LogP contribution in [-0.4, -0.2) is 23.6 Å². The van der Waals surface area contributed by atoms with Crippen LogP contribution in [0.15, 0.2) is 0 Å². The second-order valence-electron chi connectivity index (χ2n) is 1.22. The van der Waals surface area contributed by atoms with Gasteiger partial charge in [-0.15, -0.1) is 0 Å². The van der Waals surface area contributed by atoms with Crippen molar-refractivity contribution in [3.63, 3.8) is 0 Å². The number of rotatable bonds is 4. The number of carbonyl (C=O) groups is 2. The molecule has 0 aliphatic rings.